The molecule has 0 aromatic heterocycles. The molecule has 1 aliphatic rings. The van der Waals surface area contributed by atoms with Crippen LogP contribution in [0.5, 0.6) is 0 Å². The predicted molar refractivity (Wildman–Crippen MR) is 79.7 cm³/mol. The van der Waals surface area contributed by atoms with Crippen LogP contribution in [0.25, 0.3) is 0 Å². The Morgan fingerprint density at radius 3 is 2.44 bits per heavy atom. The fourth-order valence-electron chi connectivity index (χ4n) is 2.73. The Labute approximate surface area is 116 Å². The largest absolute Gasteiger partial charge is 0.355 e. The molecular weight excluding hydrogens is 244 g/mol. The van der Waals surface area contributed by atoms with Crippen molar-refractivity contribution in [2.45, 2.75) is 45.4 Å². The van der Waals surface area contributed by atoms with Gasteiger partial charge in [-0.3, -0.25) is 4.79 Å². The first kappa shape index (κ1) is 15.8. The smallest absolute Gasteiger partial charge is 0.227 e. The molecule has 0 bridgehead atoms. The first-order chi connectivity index (χ1) is 8.64. The molecule has 0 heterocycles. The molecule has 0 radical (unpaired) electrons. The van der Waals surface area contributed by atoms with Gasteiger partial charge < -0.3 is 11.1 Å². The van der Waals surface area contributed by atoms with Crippen LogP contribution in [0.15, 0.2) is 0 Å². The number of thioether (sulfide) groups is 1. The summed E-state index contributed by atoms with van der Waals surface area (Å²) in [6.07, 6.45) is 8.81. The predicted octanol–water partition coefficient (Wildman–Crippen LogP) is 2.40. The number of nitrogens with one attached hydrogen (secondary N) is 1. The molecule has 18 heavy (non-hydrogen) atoms. The van der Waals surface area contributed by atoms with Gasteiger partial charge in [-0.2, -0.15) is 11.8 Å². The molecule has 0 spiro atoms. The highest BCUT2D eigenvalue weighted by molar-refractivity contribution is 7.98. The molecule has 1 unspecified atom stereocenters. The van der Waals surface area contributed by atoms with Gasteiger partial charge in [0.1, 0.15) is 0 Å². The van der Waals surface area contributed by atoms with Crippen LogP contribution in [0, 0.1) is 11.3 Å². The van der Waals surface area contributed by atoms with Gasteiger partial charge in [-0.1, -0.05) is 32.6 Å². The normalized spacial score (nSPS) is 21.1. The Kier molecular flexibility index (Phi) is 7.08. The van der Waals surface area contributed by atoms with Gasteiger partial charge in [0, 0.05) is 13.1 Å². The molecule has 0 aromatic rings. The minimum atomic E-state index is -0.282. The van der Waals surface area contributed by atoms with E-state index in [4.69, 9.17) is 5.73 Å². The van der Waals surface area contributed by atoms with Crippen LogP contribution in [0.1, 0.15) is 45.4 Å². The molecule has 0 aliphatic heterocycles. The third-order valence-corrected chi connectivity index (χ3v) is 4.90. The van der Waals surface area contributed by atoms with Crippen LogP contribution in [0.4, 0.5) is 0 Å². The maximum Gasteiger partial charge on any atom is 0.227 e. The fourth-order valence-corrected chi connectivity index (χ4v) is 3.41. The van der Waals surface area contributed by atoms with E-state index in [2.05, 4.69) is 18.5 Å². The molecule has 0 aromatic carbocycles. The summed E-state index contributed by atoms with van der Waals surface area (Å²) in [6, 6.07) is 0. The van der Waals surface area contributed by atoms with Crippen molar-refractivity contribution in [1.29, 1.82) is 0 Å². The van der Waals surface area contributed by atoms with Crippen LogP contribution in [-0.4, -0.2) is 31.0 Å². The second-order valence-corrected chi connectivity index (χ2v) is 6.58. The van der Waals surface area contributed by atoms with Gasteiger partial charge in [-0.25, -0.2) is 0 Å². The fraction of sp³-hybridized carbons (Fsp3) is 0.929. The van der Waals surface area contributed by atoms with Crippen LogP contribution >= 0.6 is 11.8 Å². The SMILES string of the molecule is CSCC(C)CNC(=O)C1(CN)CCCCCC1. The summed E-state index contributed by atoms with van der Waals surface area (Å²) in [5.41, 5.74) is 5.63. The Hall–Kier alpha value is -0.220. The highest BCUT2D eigenvalue weighted by Gasteiger charge is 2.36. The van der Waals surface area contributed by atoms with Gasteiger partial charge in [-0.05, 0) is 30.8 Å². The van der Waals surface area contributed by atoms with Gasteiger partial charge in [-0.15, -0.1) is 0 Å². The van der Waals surface area contributed by atoms with E-state index in [1.807, 2.05) is 11.8 Å². The molecule has 1 aliphatic carbocycles. The lowest BCUT2D eigenvalue weighted by Crippen LogP contribution is -2.47. The molecule has 0 saturated heterocycles. The molecular formula is C14H28N2OS. The quantitative estimate of drug-likeness (QED) is 0.730. The van der Waals surface area contributed by atoms with Gasteiger partial charge in [0.2, 0.25) is 5.91 Å². The van der Waals surface area contributed by atoms with E-state index >= 15 is 0 Å². The van der Waals surface area contributed by atoms with Crippen molar-refractivity contribution in [2.75, 3.05) is 25.1 Å². The Morgan fingerprint density at radius 2 is 1.94 bits per heavy atom. The third kappa shape index (κ3) is 4.47. The maximum absolute atomic E-state index is 12.4. The number of carbonyl (C=O) groups is 1. The molecule has 3 nitrogen and oxygen atoms in total. The van der Waals surface area contributed by atoms with E-state index < -0.39 is 0 Å². The maximum atomic E-state index is 12.4. The summed E-state index contributed by atoms with van der Waals surface area (Å²) in [6.45, 7) is 3.45. The van der Waals surface area contributed by atoms with Crippen molar-refractivity contribution in [3.63, 3.8) is 0 Å². The first-order valence-electron chi connectivity index (χ1n) is 7.12. The van der Waals surface area contributed by atoms with E-state index in [-0.39, 0.29) is 11.3 Å². The molecule has 1 atom stereocenters. The van der Waals surface area contributed by atoms with E-state index in [1.165, 1.54) is 12.8 Å². The topological polar surface area (TPSA) is 55.1 Å². The standard InChI is InChI=1S/C14H28N2OS/c1-12(10-18-2)9-16-13(17)14(11-15)7-5-3-4-6-8-14/h12H,3-11,15H2,1-2H3,(H,16,17). The summed E-state index contributed by atoms with van der Waals surface area (Å²) in [7, 11) is 0. The van der Waals surface area contributed by atoms with E-state index in [0.29, 0.717) is 12.5 Å². The first-order valence-corrected chi connectivity index (χ1v) is 8.51. The van der Waals surface area contributed by atoms with Gasteiger partial charge >= 0.3 is 0 Å². The minimum absolute atomic E-state index is 0.194. The molecule has 1 fully saturated rings. The van der Waals surface area contributed by atoms with Gasteiger partial charge in [0.05, 0.1) is 5.41 Å². The van der Waals surface area contributed by atoms with Crippen LogP contribution in [-0.2, 0) is 4.79 Å². The summed E-state index contributed by atoms with van der Waals surface area (Å²) in [5.74, 6) is 1.82. The van der Waals surface area contributed by atoms with Crippen molar-refractivity contribution in [1.82, 2.24) is 5.32 Å². The number of hydrogen-bond acceptors (Lipinski definition) is 3. The zero-order chi connectivity index (χ0) is 13.4. The Morgan fingerprint density at radius 1 is 1.33 bits per heavy atom. The van der Waals surface area contributed by atoms with Crippen LogP contribution < -0.4 is 11.1 Å². The summed E-state index contributed by atoms with van der Waals surface area (Å²) >= 11 is 1.83. The number of hydrogen-bond donors (Lipinski definition) is 2. The van der Waals surface area contributed by atoms with Crippen molar-refractivity contribution in [2.24, 2.45) is 17.1 Å². The molecule has 1 amide bonds. The van der Waals surface area contributed by atoms with Crippen molar-refractivity contribution in [3.8, 4) is 0 Å². The summed E-state index contributed by atoms with van der Waals surface area (Å²) in [5, 5.41) is 3.12. The zero-order valence-corrected chi connectivity index (χ0v) is 12.7. The average molecular weight is 272 g/mol. The lowest BCUT2D eigenvalue weighted by Gasteiger charge is -2.30. The molecule has 1 saturated carbocycles. The second kappa shape index (κ2) is 8.05. The second-order valence-electron chi connectivity index (χ2n) is 5.67. The van der Waals surface area contributed by atoms with E-state index in [0.717, 1.165) is 38.0 Å². The van der Waals surface area contributed by atoms with Crippen molar-refractivity contribution < 1.29 is 4.79 Å². The lowest BCUT2D eigenvalue weighted by atomic mass is 9.79. The molecule has 4 heteroatoms. The van der Waals surface area contributed by atoms with Crippen LogP contribution in [0.2, 0.25) is 0 Å². The highest BCUT2D eigenvalue weighted by atomic mass is 32.2. The third-order valence-electron chi connectivity index (χ3n) is 4.00. The zero-order valence-electron chi connectivity index (χ0n) is 11.8. The monoisotopic (exact) mass is 272 g/mol. The van der Waals surface area contributed by atoms with E-state index in [1.54, 1.807) is 0 Å². The number of rotatable bonds is 6. The molecule has 106 valence electrons. The minimum Gasteiger partial charge on any atom is -0.355 e. The number of amides is 1. The molecule has 3 N–H and O–H groups in total. The Balaban J connectivity index is 2.50. The number of carbonyl (C=O) groups excluding carboxylic acids is 1. The van der Waals surface area contributed by atoms with Crippen LogP contribution in [0.3, 0.4) is 0 Å². The van der Waals surface area contributed by atoms with Gasteiger partial charge in [0.25, 0.3) is 0 Å². The highest BCUT2D eigenvalue weighted by Crippen LogP contribution is 2.34. The van der Waals surface area contributed by atoms with Crippen molar-refractivity contribution in [3.05, 3.63) is 0 Å². The summed E-state index contributed by atoms with van der Waals surface area (Å²) in [4.78, 5) is 12.4. The lowest BCUT2D eigenvalue weighted by molar-refractivity contribution is -0.131. The molecule has 1 rings (SSSR count). The average Bonchev–Trinajstić information content (AvgIpc) is 2.62. The Bertz CT molecular complexity index is 250. The van der Waals surface area contributed by atoms with Crippen molar-refractivity contribution >= 4 is 17.7 Å². The van der Waals surface area contributed by atoms with Gasteiger partial charge in [0.15, 0.2) is 0 Å². The van der Waals surface area contributed by atoms with E-state index in [9.17, 15) is 4.79 Å². The summed E-state index contributed by atoms with van der Waals surface area (Å²) < 4.78 is 0. The number of nitrogens with two attached hydrogens (primary N) is 1.